The lowest BCUT2D eigenvalue weighted by molar-refractivity contribution is -0.138. The Kier molecular flexibility index (Phi) is 10.9. The number of carbonyl (C=O) groups excluding carboxylic acids is 1. The zero-order valence-electron chi connectivity index (χ0n) is 24.7. The van der Waals surface area contributed by atoms with E-state index in [0.717, 1.165) is 69.6 Å². The summed E-state index contributed by atoms with van der Waals surface area (Å²) in [7, 11) is 0. The number of carbonyl (C=O) groups is 1. The van der Waals surface area contributed by atoms with Crippen molar-refractivity contribution in [1.82, 2.24) is 14.2 Å². The number of nitrogens with zero attached hydrogens (tertiary/aromatic N) is 3. The average Bonchev–Trinajstić information content (AvgIpc) is 3.56. The molecule has 7 nitrogen and oxygen atoms in total. The highest BCUT2D eigenvalue weighted by molar-refractivity contribution is 8.00. The second-order valence-corrected chi connectivity index (χ2v) is 13.0. The summed E-state index contributed by atoms with van der Waals surface area (Å²) in [5, 5.41) is 15.2. The number of nitrogens with one attached hydrogen (secondary N) is 1. The standard InChI is InChI=1S/C32H43F3N4O3S/c33-32(34,35)13-10-24-6-8-26(9-7-24)29-36-30(41)31(37-29)14-17-39(18-15-31)43-23-12-25-4-3-5-28-27(25)11-16-38(28)19-22-42-21-2-1-20-40/h3-5,11-12,16,23-24,26,40H,1-2,6-10,13-15,17-22H2,(H,36,37,41)/b23-12+. The Balaban J connectivity index is 1.09. The fourth-order valence-corrected chi connectivity index (χ4v) is 7.26. The van der Waals surface area contributed by atoms with Crippen molar-refractivity contribution in [3.8, 4) is 0 Å². The molecule has 1 spiro atoms. The number of hydrogen-bond acceptors (Lipinski definition) is 6. The lowest BCUT2D eigenvalue weighted by Crippen LogP contribution is -2.47. The molecular weight excluding hydrogens is 577 g/mol. The summed E-state index contributed by atoms with van der Waals surface area (Å²) in [4.78, 5) is 18.0. The van der Waals surface area contributed by atoms with Gasteiger partial charge in [0.2, 0.25) is 0 Å². The zero-order valence-corrected chi connectivity index (χ0v) is 25.5. The van der Waals surface area contributed by atoms with E-state index in [0.29, 0.717) is 26.1 Å². The lowest BCUT2D eigenvalue weighted by atomic mass is 9.79. The number of halogens is 3. The van der Waals surface area contributed by atoms with Crippen LogP contribution in [0.2, 0.25) is 0 Å². The number of amides is 1. The SMILES string of the molecule is O=C1NC(C2CCC(CCC(F)(F)F)CC2)=NC12CCN(S/C=C/c1cccc3c1ccn3CCOCCCCO)CC2. The number of benzene rings is 1. The second kappa shape index (κ2) is 14.6. The Hall–Kier alpha value is -2.34. The molecule has 1 aromatic heterocycles. The molecule has 1 amide bonds. The maximum absolute atomic E-state index is 13.0. The van der Waals surface area contributed by atoms with Gasteiger partial charge in [-0.25, -0.2) is 4.31 Å². The molecule has 0 radical (unpaired) electrons. The van der Waals surface area contributed by atoms with Crippen molar-refractivity contribution in [2.24, 2.45) is 16.8 Å². The van der Waals surface area contributed by atoms with E-state index in [4.69, 9.17) is 14.8 Å². The van der Waals surface area contributed by atoms with Gasteiger partial charge in [0.25, 0.3) is 5.91 Å². The van der Waals surface area contributed by atoms with Crippen molar-refractivity contribution in [1.29, 1.82) is 0 Å². The van der Waals surface area contributed by atoms with Crippen molar-refractivity contribution in [2.75, 3.05) is 32.9 Å². The van der Waals surface area contributed by atoms with Crippen LogP contribution in [-0.4, -0.2) is 70.3 Å². The van der Waals surface area contributed by atoms with Crippen LogP contribution in [0.3, 0.4) is 0 Å². The van der Waals surface area contributed by atoms with Crippen LogP contribution in [0, 0.1) is 11.8 Å². The van der Waals surface area contributed by atoms with Gasteiger partial charge >= 0.3 is 6.18 Å². The molecule has 2 aromatic rings. The quantitative estimate of drug-likeness (QED) is 0.196. The van der Waals surface area contributed by atoms with Crippen LogP contribution in [0.25, 0.3) is 17.0 Å². The number of aliphatic hydroxyl groups is 1. The van der Waals surface area contributed by atoms with Gasteiger partial charge in [-0.05, 0) is 92.9 Å². The van der Waals surface area contributed by atoms with E-state index in [1.54, 1.807) is 11.9 Å². The molecule has 2 N–H and O–H groups in total. The van der Waals surface area contributed by atoms with Crippen molar-refractivity contribution in [3.63, 3.8) is 0 Å². The van der Waals surface area contributed by atoms with E-state index in [-0.39, 0.29) is 30.8 Å². The third-order valence-electron chi connectivity index (χ3n) is 9.10. The first-order valence-electron chi connectivity index (χ1n) is 15.6. The molecule has 5 rings (SSSR count). The predicted molar refractivity (Wildman–Crippen MR) is 166 cm³/mol. The number of unbranched alkanes of at least 4 members (excludes halogenated alkanes) is 1. The summed E-state index contributed by atoms with van der Waals surface area (Å²) in [6.45, 7) is 3.79. The van der Waals surface area contributed by atoms with Crippen LogP contribution in [0.15, 0.2) is 40.9 Å². The third kappa shape index (κ3) is 8.44. The second-order valence-electron chi connectivity index (χ2n) is 12.0. The van der Waals surface area contributed by atoms with Crippen LogP contribution in [0.4, 0.5) is 13.2 Å². The summed E-state index contributed by atoms with van der Waals surface area (Å²) >= 11 is 1.66. The van der Waals surface area contributed by atoms with Gasteiger partial charge in [0, 0.05) is 62.3 Å². The number of rotatable bonds is 13. The number of hydrogen-bond donors (Lipinski definition) is 2. The van der Waals surface area contributed by atoms with Crippen molar-refractivity contribution in [3.05, 3.63) is 41.4 Å². The summed E-state index contributed by atoms with van der Waals surface area (Å²) < 4.78 is 48.0. The van der Waals surface area contributed by atoms with E-state index >= 15 is 0 Å². The fraction of sp³-hybridized carbons (Fsp3) is 0.625. The molecular formula is C32H43F3N4O3S. The third-order valence-corrected chi connectivity index (χ3v) is 10.0. The van der Waals surface area contributed by atoms with Crippen LogP contribution in [0.1, 0.15) is 69.8 Å². The Morgan fingerprint density at radius 2 is 1.91 bits per heavy atom. The van der Waals surface area contributed by atoms with Crippen LogP contribution in [-0.2, 0) is 16.1 Å². The van der Waals surface area contributed by atoms with Gasteiger partial charge in [-0.1, -0.05) is 24.1 Å². The van der Waals surface area contributed by atoms with E-state index in [9.17, 15) is 18.0 Å². The monoisotopic (exact) mass is 620 g/mol. The minimum Gasteiger partial charge on any atom is -0.396 e. The topological polar surface area (TPSA) is 79.1 Å². The summed E-state index contributed by atoms with van der Waals surface area (Å²) in [5.41, 5.74) is 1.61. The highest BCUT2D eigenvalue weighted by Gasteiger charge is 2.47. The largest absolute Gasteiger partial charge is 0.396 e. The van der Waals surface area contributed by atoms with Gasteiger partial charge < -0.3 is 19.7 Å². The Labute approximate surface area is 256 Å². The molecule has 1 aromatic carbocycles. The molecule has 2 aliphatic heterocycles. The molecule has 3 aliphatic rings. The molecule has 11 heteroatoms. The molecule has 1 saturated heterocycles. The molecule has 1 aliphatic carbocycles. The molecule has 43 heavy (non-hydrogen) atoms. The van der Waals surface area contributed by atoms with Gasteiger partial charge in [0.1, 0.15) is 11.4 Å². The zero-order chi connectivity index (χ0) is 30.3. The van der Waals surface area contributed by atoms with E-state index in [1.807, 2.05) is 0 Å². The number of piperidine rings is 1. The number of alkyl halides is 3. The minimum absolute atomic E-state index is 0.0198. The van der Waals surface area contributed by atoms with Crippen LogP contribution < -0.4 is 5.32 Å². The smallest absolute Gasteiger partial charge is 0.389 e. The Bertz CT molecular complexity index is 1280. The molecule has 3 heterocycles. The first kappa shape index (κ1) is 32.1. The maximum Gasteiger partial charge on any atom is 0.389 e. The van der Waals surface area contributed by atoms with Gasteiger partial charge in [-0.2, -0.15) is 13.2 Å². The van der Waals surface area contributed by atoms with E-state index in [1.165, 1.54) is 10.9 Å². The lowest BCUT2D eigenvalue weighted by Gasteiger charge is -2.34. The molecule has 2 fully saturated rings. The van der Waals surface area contributed by atoms with Gasteiger partial charge in [0.05, 0.1) is 6.61 Å². The van der Waals surface area contributed by atoms with Crippen LogP contribution >= 0.6 is 11.9 Å². The minimum atomic E-state index is -4.09. The first-order valence-corrected chi connectivity index (χ1v) is 16.4. The molecule has 0 bridgehead atoms. The van der Waals surface area contributed by atoms with Gasteiger partial charge in [-0.15, -0.1) is 0 Å². The van der Waals surface area contributed by atoms with Crippen molar-refractivity contribution >= 4 is 40.7 Å². The maximum atomic E-state index is 13.0. The number of aromatic nitrogens is 1. The van der Waals surface area contributed by atoms with Crippen LogP contribution in [0.5, 0.6) is 0 Å². The fourth-order valence-electron chi connectivity index (χ4n) is 6.49. The van der Waals surface area contributed by atoms with E-state index < -0.39 is 18.1 Å². The highest BCUT2D eigenvalue weighted by atomic mass is 32.2. The first-order chi connectivity index (χ1) is 20.8. The van der Waals surface area contributed by atoms with Gasteiger partial charge in [0.15, 0.2) is 0 Å². The summed E-state index contributed by atoms with van der Waals surface area (Å²) in [6, 6.07) is 8.44. The number of fused-ring (bicyclic) bond motifs is 1. The Morgan fingerprint density at radius 3 is 2.65 bits per heavy atom. The number of aliphatic imine (C=N–C) groups is 1. The normalized spacial score (nSPS) is 23.0. The molecule has 1 saturated carbocycles. The number of amidine groups is 1. The molecule has 0 atom stereocenters. The number of ether oxygens (including phenoxy) is 1. The van der Waals surface area contributed by atoms with E-state index in [2.05, 4.69) is 56.1 Å². The van der Waals surface area contributed by atoms with Gasteiger partial charge in [-0.3, -0.25) is 9.79 Å². The average molecular weight is 621 g/mol. The van der Waals surface area contributed by atoms with Crippen molar-refractivity contribution in [2.45, 2.75) is 82.5 Å². The summed E-state index contributed by atoms with van der Waals surface area (Å²) in [5.74, 6) is 0.988. The summed E-state index contributed by atoms with van der Waals surface area (Å²) in [6.07, 6.45) is 5.69. The highest BCUT2D eigenvalue weighted by Crippen LogP contribution is 2.38. The Morgan fingerprint density at radius 1 is 1.12 bits per heavy atom. The van der Waals surface area contributed by atoms with Crippen molar-refractivity contribution < 1.29 is 27.8 Å². The molecule has 0 unspecified atom stereocenters. The number of aliphatic hydroxyl groups excluding tert-OH is 1. The predicted octanol–water partition coefficient (Wildman–Crippen LogP) is 6.56. The molecule has 236 valence electrons.